The second kappa shape index (κ2) is 8.77. The van der Waals surface area contributed by atoms with E-state index in [1.165, 1.54) is 0 Å². The Bertz CT molecular complexity index is 339. The van der Waals surface area contributed by atoms with Gasteiger partial charge >= 0.3 is 8.80 Å². The average Bonchev–Trinajstić information content (AvgIpc) is 2.99. The van der Waals surface area contributed by atoms with E-state index in [4.69, 9.17) is 19.0 Å². The van der Waals surface area contributed by atoms with Crippen molar-refractivity contribution >= 4 is 15.0 Å². The molecule has 0 spiro atoms. The van der Waals surface area contributed by atoms with Gasteiger partial charge < -0.3 is 24.3 Å². The molecular weight excluding hydrogens is 286 g/mol. The van der Waals surface area contributed by atoms with Crippen molar-refractivity contribution in [1.82, 2.24) is 5.32 Å². The first-order valence-electron chi connectivity index (χ1n) is 7.41. The van der Waals surface area contributed by atoms with Crippen LogP contribution in [0, 0.1) is 0 Å². The molecule has 1 aliphatic heterocycles. The van der Waals surface area contributed by atoms with Crippen LogP contribution in [0.15, 0.2) is 17.1 Å². The summed E-state index contributed by atoms with van der Waals surface area (Å²) in [7, 11) is 2.30. The number of hydrogen-bond donors (Lipinski definition) is 2. The summed E-state index contributed by atoms with van der Waals surface area (Å²) in [4.78, 5) is 4.63. The average molecular weight is 315 g/mol. The monoisotopic (exact) mass is 315 g/mol. The fraction of sp³-hybridized carbons (Fsp3) is 0.786. The fourth-order valence-corrected chi connectivity index (χ4v) is 4.56. The third-order valence-electron chi connectivity index (χ3n) is 4.04. The largest absolute Gasteiger partial charge is 0.501 e. The summed E-state index contributed by atoms with van der Waals surface area (Å²) in [6, 6.07) is 0.877. The van der Waals surface area contributed by atoms with Gasteiger partial charge in [0.25, 0.3) is 0 Å². The van der Waals surface area contributed by atoms with Crippen molar-refractivity contribution in [2.24, 2.45) is 10.7 Å². The van der Waals surface area contributed by atoms with E-state index in [1.54, 1.807) is 21.3 Å². The van der Waals surface area contributed by atoms with Crippen molar-refractivity contribution < 1.29 is 13.3 Å². The van der Waals surface area contributed by atoms with Gasteiger partial charge in [0.2, 0.25) is 0 Å². The molecule has 0 fully saturated rings. The summed E-state index contributed by atoms with van der Waals surface area (Å²) < 4.78 is 16.6. The quantitative estimate of drug-likeness (QED) is 0.555. The highest BCUT2D eigenvalue weighted by molar-refractivity contribution is 6.60. The fourth-order valence-electron chi connectivity index (χ4n) is 2.66. The lowest BCUT2D eigenvalue weighted by atomic mass is 9.90. The summed E-state index contributed by atoms with van der Waals surface area (Å²) in [5, 5.41) is 3.48. The van der Waals surface area contributed by atoms with Gasteiger partial charge in [-0.1, -0.05) is 13.0 Å². The maximum Gasteiger partial charge on any atom is 0.501 e. The number of hydrogen-bond acceptors (Lipinski definition) is 6. The molecule has 0 bridgehead atoms. The molecule has 0 aromatic heterocycles. The normalized spacial score (nSPS) is 22.9. The van der Waals surface area contributed by atoms with E-state index in [0.717, 1.165) is 19.4 Å². The van der Waals surface area contributed by atoms with Crippen molar-refractivity contribution in [1.29, 1.82) is 0 Å². The Morgan fingerprint density at radius 3 is 2.38 bits per heavy atom. The van der Waals surface area contributed by atoms with Crippen LogP contribution in [0.4, 0.5) is 0 Å². The van der Waals surface area contributed by atoms with Crippen LogP contribution in [-0.4, -0.2) is 61.0 Å². The Morgan fingerprint density at radius 2 is 1.95 bits per heavy atom. The maximum absolute atomic E-state index is 5.62. The molecule has 21 heavy (non-hydrogen) atoms. The highest BCUT2D eigenvalue weighted by atomic mass is 28.4. The highest BCUT2D eigenvalue weighted by Crippen LogP contribution is 2.30. The first kappa shape index (κ1) is 18.5. The zero-order valence-electron chi connectivity index (χ0n) is 13.6. The van der Waals surface area contributed by atoms with Crippen molar-refractivity contribution in [2.45, 2.75) is 37.4 Å². The molecule has 1 rings (SSSR count). The topological polar surface area (TPSA) is 78.1 Å². The van der Waals surface area contributed by atoms with Crippen LogP contribution >= 0.6 is 0 Å². The van der Waals surface area contributed by atoms with Gasteiger partial charge in [0.1, 0.15) is 0 Å². The van der Waals surface area contributed by atoms with Gasteiger partial charge in [0, 0.05) is 52.7 Å². The summed E-state index contributed by atoms with van der Waals surface area (Å²) in [6.07, 6.45) is 7.89. The van der Waals surface area contributed by atoms with E-state index < -0.39 is 8.80 Å². The van der Waals surface area contributed by atoms with Crippen LogP contribution in [0.25, 0.3) is 0 Å². The van der Waals surface area contributed by atoms with Gasteiger partial charge in [0.15, 0.2) is 0 Å². The number of allylic oxidation sites excluding steroid dienone is 1. The molecule has 2 unspecified atom stereocenters. The first-order chi connectivity index (χ1) is 10.1. The van der Waals surface area contributed by atoms with Gasteiger partial charge in [-0.05, 0) is 18.9 Å². The van der Waals surface area contributed by atoms with E-state index >= 15 is 0 Å². The molecule has 0 aliphatic carbocycles. The van der Waals surface area contributed by atoms with Gasteiger partial charge in [-0.3, -0.25) is 4.99 Å². The van der Waals surface area contributed by atoms with E-state index in [9.17, 15) is 0 Å². The third kappa shape index (κ3) is 4.98. The van der Waals surface area contributed by atoms with Gasteiger partial charge in [-0.15, -0.1) is 0 Å². The Hall–Kier alpha value is -0.573. The van der Waals surface area contributed by atoms with E-state index in [0.29, 0.717) is 12.6 Å². The zero-order chi connectivity index (χ0) is 15.8. The lowest BCUT2D eigenvalue weighted by molar-refractivity contribution is 0.118. The molecule has 1 heterocycles. The van der Waals surface area contributed by atoms with Crippen LogP contribution in [-0.2, 0) is 13.3 Å². The van der Waals surface area contributed by atoms with Crippen LogP contribution in [0.3, 0.4) is 0 Å². The Balaban J connectivity index is 2.80. The summed E-state index contributed by atoms with van der Waals surface area (Å²) in [6.45, 7) is 3.50. The van der Waals surface area contributed by atoms with E-state index in [-0.39, 0.29) is 11.6 Å². The van der Waals surface area contributed by atoms with Gasteiger partial charge in [-0.25, -0.2) is 0 Å². The lowest BCUT2D eigenvalue weighted by Crippen LogP contribution is -2.50. The molecule has 0 amide bonds. The number of aliphatic imine (C=N–C) groups is 1. The van der Waals surface area contributed by atoms with Crippen LogP contribution < -0.4 is 11.1 Å². The molecule has 122 valence electrons. The van der Waals surface area contributed by atoms with E-state index in [1.807, 2.05) is 12.3 Å². The van der Waals surface area contributed by atoms with Crippen LogP contribution in [0.1, 0.15) is 19.8 Å². The number of nitrogens with zero attached hydrogens (tertiary/aromatic N) is 1. The van der Waals surface area contributed by atoms with Gasteiger partial charge in [-0.2, -0.15) is 0 Å². The molecule has 0 saturated heterocycles. The smallest absolute Gasteiger partial charge is 0.377 e. The summed E-state index contributed by atoms with van der Waals surface area (Å²) in [5.74, 6) is 0. The number of nitrogens with two attached hydrogens (primary N) is 1. The van der Waals surface area contributed by atoms with Crippen molar-refractivity contribution in [3.63, 3.8) is 0 Å². The zero-order valence-corrected chi connectivity index (χ0v) is 14.6. The molecule has 0 aromatic carbocycles. The van der Waals surface area contributed by atoms with E-state index in [2.05, 4.69) is 23.3 Å². The van der Waals surface area contributed by atoms with Crippen molar-refractivity contribution in [2.75, 3.05) is 34.4 Å². The lowest BCUT2D eigenvalue weighted by Gasteiger charge is -2.33. The molecule has 0 radical (unpaired) electrons. The molecule has 0 aromatic rings. The second-order valence-corrected chi connectivity index (χ2v) is 8.24. The Labute approximate surface area is 129 Å². The van der Waals surface area contributed by atoms with Crippen molar-refractivity contribution in [3.05, 3.63) is 12.2 Å². The SMILES string of the molecule is CCC1(CC(C[Si](OC)(OC)OC)NCCN)C=CC=N1. The minimum Gasteiger partial charge on any atom is -0.377 e. The first-order valence-corrected chi connectivity index (χ1v) is 9.34. The maximum atomic E-state index is 5.62. The molecule has 2 atom stereocenters. The third-order valence-corrected chi connectivity index (χ3v) is 6.90. The Morgan fingerprint density at radius 1 is 1.29 bits per heavy atom. The molecule has 3 N–H and O–H groups in total. The molecule has 7 heteroatoms. The Kier molecular flexibility index (Phi) is 7.72. The van der Waals surface area contributed by atoms with Crippen LogP contribution in [0.2, 0.25) is 6.04 Å². The summed E-state index contributed by atoms with van der Waals surface area (Å²) >= 11 is 0. The molecule has 0 saturated carbocycles. The minimum absolute atomic E-state index is 0.137. The number of nitrogens with one attached hydrogen (secondary N) is 1. The molecular formula is C14H29N3O3Si. The predicted octanol–water partition coefficient (Wildman–Crippen LogP) is 0.961. The van der Waals surface area contributed by atoms with Crippen molar-refractivity contribution in [3.8, 4) is 0 Å². The molecule has 1 aliphatic rings. The molecule has 6 nitrogen and oxygen atoms in total. The number of rotatable bonds is 11. The standard InChI is InChI=1S/C14H29N3O3Si/c1-5-14(7-6-9-17-14)11-13(16-10-8-15)12-21(18-2,19-3)20-4/h6-7,9,13,16H,5,8,10-12,15H2,1-4H3. The minimum atomic E-state index is -2.63. The van der Waals surface area contributed by atoms with Crippen LogP contribution in [0.5, 0.6) is 0 Å². The highest BCUT2D eigenvalue weighted by Gasteiger charge is 2.42. The summed E-state index contributed by atoms with van der Waals surface area (Å²) in [5.41, 5.74) is 5.49. The predicted molar refractivity (Wildman–Crippen MR) is 87.7 cm³/mol. The second-order valence-electron chi connectivity index (χ2n) is 5.24. The van der Waals surface area contributed by atoms with Gasteiger partial charge in [0.05, 0.1) is 5.54 Å².